The molecule has 0 aliphatic rings. The monoisotopic (exact) mass is 247 g/mol. The Kier molecular flexibility index (Phi) is 3.01. The average molecular weight is 247 g/mol. The number of fused-ring (bicyclic) bond motifs is 1. The lowest BCUT2D eigenvalue weighted by molar-refractivity contribution is 0.0963. The van der Waals surface area contributed by atoms with Gasteiger partial charge >= 0.3 is 11.1 Å². The van der Waals surface area contributed by atoms with Crippen molar-refractivity contribution in [3.05, 3.63) is 44.5 Å². The topological polar surface area (TPSA) is 84.0 Å². The summed E-state index contributed by atoms with van der Waals surface area (Å²) in [7, 11) is 1.53. The molecule has 2 rings (SSSR count). The third-order valence-electron chi connectivity index (χ3n) is 2.78. The maximum atomic E-state index is 11.6. The highest BCUT2D eigenvalue weighted by atomic mass is 16.2. The lowest BCUT2D eigenvalue weighted by Crippen LogP contribution is -2.36. The predicted molar refractivity (Wildman–Crippen MR) is 67.9 cm³/mol. The molecule has 6 nitrogen and oxygen atoms in total. The maximum absolute atomic E-state index is 11.6. The van der Waals surface area contributed by atoms with Crippen LogP contribution in [0.2, 0.25) is 0 Å². The van der Waals surface area contributed by atoms with Gasteiger partial charge < -0.3 is 14.9 Å². The largest absolute Gasteiger partial charge is 0.355 e. The number of carbonyl (C=O) groups excluding carboxylic acids is 1. The fourth-order valence-corrected chi connectivity index (χ4v) is 1.88. The minimum absolute atomic E-state index is 0.244. The van der Waals surface area contributed by atoms with Crippen molar-refractivity contribution < 1.29 is 4.79 Å². The minimum Gasteiger partial charge on any atom is -0.355 e. The van der Waals surface area contributed by atoms with Crippen LogP contribution in [0.1, 0.15) is 17.3 Å². The number of aromatic amines is 1. The smallest absolute Gasteiger partial charge is 0.316 e. The number of carbonyl (C=O) groups is 1. The zero-order valence-corrected chi connectivity index (χ0v) is 10.1. The van der Waals surface area contributed by atoms with Gasteiger partial charge in [-0.05, 0) is 25.1 Å². The Morgan fingerprint density at radius 1 is 1.39 bits per heavy atom. The van der Waals surface area contributed by atoms with Crippen molar-refractivity contribution in [2.75, 3.05) is 7.05 Å². The zero-order chi connectivity index (χ0) is 13.3. The molecule has 2 N–H and O–H groups in total. The molecule has 18 heavy (non-hydrogen) atoms. The van der Waals surface area contributed by atoms with Gasteiger partial charge in [-0.15, -0.1) is 0 Å². The SMILES string of the molecule is CCn1c(=O)c(=O)[nH]c2cc(C(=O)NC)ccc21. The fraction of sp³-hybridized carbons (Fsp3) is 0.250. The quantitative estimate of drug-likeness (QED) is 0.736. The molecule has 0 saturated heterocycles. The molecule has 0 unspecified atom stereocenters. The number of aromatic nitrogens is 2. The number of nitrogens with zero attached hydrogens (tertiary/aromatic N) is 1. The third-order valence-corrected chi connectivity index (χ3v) is 2.78. The van der Waals surface area contributed by atoms with Gasteiger partial charge in [-0.2, -0.15) is 0 Å². The molecule has 0 aliphatic heterocycles. The number of hydrogen-bond acceptors (Lipinski definition) is 3. The summed E-state index contributed by atoms with van der Waals surface area (Å²) in [4.78, 5) is 37.1. The number of aryl methyl sites for hydroxylation is 1. The van der Waals surface area contributed by atoms with Crippen LogP contribution in [0.15, 0.2) is 27.8 Å². The van der Waals surface area contributed by atoms with E-state index < -0.39 is 11.1 Å². The fourth-order valence-electron chi connectivity index (χ4n) is 1.88. The molecule has 1 aromatic carbocycles. The Morgan fingerprint density at radius 2 is 2.11 bits per heavy atom. The van der Waals surface area contributed by atoms with E-state index in [0.717, 1.165) is 0 Å². The lowest BCUT2D eigenvalue weighted by atomic mass is 10.2. The highest BCUT2D eigenvalue weighted by Gasteiger charge is 2.09. The second-order valence-electron chi connectivity index (χ2n) is 3.81. The van der Waals surface area contributed by atoms with Crippen molar-refractivity contribution >= 4 is 16.9 Å². The van der Waals surface area contributed by atoms with Gasteiger partial charge in [0.2, 0.25) is 0 Å². The summed E-state index contributed by atoms with van der Waals surface area (Å²) >= 11 is 0. The van der Waals surface area contributed by atoms with Gasteiger partial charge in [0.1, 0.15) is 0 Å². The van der Waals surface area contributed by atoms with Crippen LogP contribution in [-0.4, -0.2) is 22.5 Å². The summed E-state index contributed by atoms with van der Waals surface area (Å²) in [5, 5.41) is 2.50. The third kappa shape index (κ3) is 1.81. The summed E-state index contributed by atoms with van der Waals surface area (Å²) in [5.74, 6) is -0.244. The van der Waals surface area contributed by atoms with E-state index in [1.54, 1.807) is 25.1 Å². The number of hydrogen-bond donors (Lipinski definition) is 2. The van der Waals surface area contributed by atoms with Gasteiger partial charge in [0, 0.05) is 19.2 Å². The molecule has 0 bridgehead atoms. The Bertz CT molecular complexity index is 727. The van der Waals surface area contributed by atoms with E-state index in [2.05, 4.69) is 10.3 Å². The normalized spacial score (nSPS) is 10.6. The van der Waals surface area contributed by atoms with Gasteiger partial charge in [0.25, 0.3) is 5.91 Å². The standard InChI is InChI=1S/C12H13N3O3/c1-3-15-9-5-4-7(10(16)13-2)6-8(9)14-11(17)12(15)18/h4-6H,3H2,1-2H3,(H,13,16)(H,14,17). The molecule has 0 saturated carbocycles. The first kappa shape index (κ1) is 12.1. The van der Waals surface area contributed by atoms with Crippen LogP contribution in [0.25, 0.3) is 11.0 Å². The second-order valence-corrected chi connectivity index (χ2v) is 3.81. The van der Waals surface area contributed by atoms with Crippen molar-refractivity contribution in [3.63, 3.8) is 0 Å². The van der Waals surface area contributed by atoms with Crippen LogP contribution in [0, 0.1) is 0 Å². The molecular formula is C12H13N3O3. The molecule has 1 amide bonds. The van der Waals surface area contributed by atoms with E-state index in [0.29, 0.717) is 23.1 Å². The molecule has 0 aliphatic carbocycles. The van der Waals surface area contributed by atoms with Gasteiger partial charge in [0.15, 0.2) is 0 Å². The number of nitrogens with one attached hydrogen (secondary N) is 2. The van der Waals surface area contributed by atoms with E-state index in [4.69, 9.17) is 0 Å². The summed E-state index contributed by atoms with van der Waals surface area (Å²) in [5.41, 5.74) is 0.246. The van der Waals surface area contributed by atoms with Gasteiger partial charge in [-0.25, -0.2) is 0 Å². The van der Waals surface area contributed by atoms with E-state index in [1.165, 1.54) is 11.6 Å². The summed E-state index contributed by atoms with van der Waals surface area (Å²) in [6.07, 6.45) is 0. The average Bonchev–Trinajstić information content (AvgIpc) is 2.39. The van der Waals surface area contributed by atoms with Crippen LogP contribution in [0.3, 0.4) is 0 Å². The molecule has 0 spiro atoms. The molecule has 1 heterocycles. The Labute approximate surface area is 102 Å². The van der Waals surface area contributed by atoms with Crippen molar-refractivity contribution in [2.24, 2.45) is 0 Å². The van der Waals surface area contributed by atoms with Gasteiger partial charge in [-0.3, -0.25) is 14.4 Å². The Balaban J connectivity index is 2.80. The van der Waals surface area contributed by atoms with Crippen molar-refractivity contribution in [1.29, 1.82) is 0 Å². The van der Waals surface area contributed by atoms with Gasteiger partial charge in [-0.1, -0.05) is 0 Å². The van der Waals surface area contributed by atoms with Gasteiger partial charge in [0.05, 0.1) is 11.0 Å². The van der Waals surface area contributed by atoms with Crippen LogP contribution in [-0.2, 0) is 6.54 Å². The lowest BCUT2D eigenvalue weighted by Gasteiger charge is -2.08. The molecular weight excluding hydrogens is 234 g/mol. The molecule has 94 valence electrons. The maximum Gasteiger partial charge on any atom is 0.316 e. The number of amides is 1. The molecule has 0 fully saturated rings. The van der Waals surface area contributed by atoms with Crippen LogP contribution < -0.4 is 16.4 Å². The van der Waals surface area contributed by atoms with E-state index in [9.17, 15) is 14.4 Å². The second kappa shape index (κ2) is 4.48. The zero-order valence-electron chi connectivity index (χ0n) is 10.1. The summed E-state index contributed by atoms with van der Waals surface area (Å²) in [6, 6.07) is 4.83. The molecule has 1 aromatic heterocycles. The van der Waals surface area contributed by atoms with E-state index in [1.807, 2.05) is 0 Å². The summed E-state index contributed by atoms with van der Waals surface area (Å²) in [6.45, 7) is 2.19. The number of benzene rings is 1. The van der Waals surface area contributed by atoms with Crippen LogP contribution in [0.4, 0.5) is 0 Å². The van der Waals surface area contributed by atoms with Crippen molar-refractivity contribution in [1.82, 2.24) is 14.9 Å². The van der Waals surface area contributed by atoms with Crippen LogP contribution >= 0.6 is 0 Å². The van der Waals surface area contributed by atoms with Crippen LogP contribution in [0.5, 0.6) is 0 Å². The summed E-state index contributed by atoms with van der Waals surface area (Å²) < 4.78 is 1.38. The molecule has 6 heteroatoms. The minimum atomic E-state index is -0.682. The van der Waals surface area contributed by atoms with E-state index >= 15 is 0 Å². The number of rotatable bonds is 2. The Hall–Kier alpha value is -2.37. The predicted octanol–water partition coefficient (Wildman–Crippen LogP) is 0.0693. The van der Waals surface area contributed by atoms with E-state index in [-0.39, 0.29) is 5.91 Å². The Morgan fingerprint density at radius 3 is 2.72 bits per heavy atom. The highest BCUT2D eigenvalue weighted by molar-refractivity contribution is 5.97. The first-order chi connectivity index (χ1) is 8.58. The number of H-pyrrole nitrogens is 1. The van der Waals surface area contributed by atoms with Crippen molar-refractivity contribution in [3.8, 4) is 0 Å². The molecule has 0 radical (unpaired) electrons. The molecule has 2 aromatic rings. The molecule has 0 atom stereocenters. The first-order valence-corrected chi connectivity index (χ1v) is 5.57. The highest BCUT2D eigenvalue weighted by Crippen LogP contribution is 2.11. The van der Waals surface area contributed by atoms with Crippen molar-refractivity contribution in [2.45, 2.75) is 13.5 Å². The first-order valence-electron chi connectivity index (χ1n) is 5.57.